The molecule has 2 atom stereocenters. The lowest BCUT2D eigenvalue weighted by molar-refractivity contribution is -0.150. The largest absolute Gasteiger partial charge is 0.481 e. The Bertz CT molecular complexity index is 393. The van der Waals surface area contributed by atoms with Crippen LogP contribution in [0, 0.1) is 5.41 Å². The molecule has 2 aliphatic heterocycles. The average molecular weight is 300 g/mol. The number of amides is 2. The summed E-state index contributed by atoms with van der Waals surface area (Å²) in [6.07, 6.45) is 1.69. The van der Waals surface area contributed by atoms with Crippen LogP contribution in [0.25, 0.3) is 0 Å². The molecule has 2 saturated heterocycles. The molecule has 0 unspecified atom stereocenters. The molecule has 2 aliphatic rings. The zero-order valence-electron chi connectivity index (χ0n) is 12.6. The van der Waals surface area contributed by atoms with E-state index in [1.807, 2.05) is 0 Å². The summed E-state index contributed by atoms with van der Waals surface area (Å²) in [5.74, 6) is -0.789. The Morgan fingerprint density at radius 3 is 2.62 bits per heavy atom. The van der Waals surface area contributed by atoms with E-state index in [2.05, 4.69) is 5.32 Å². The molecule has 2 heterocycles. The van der Waals surface area contributed by atoms with Crippen LogP contribution in [0.5, 0.6) is 0 Å². The molecule has 7 heteroatoms. The summed E-state index contributed by atoms with van der Waals surface area (Å²) in [7, 11) is 1.63. The minimum Gasteiger partial charge on any atom is -0.481 e. The second-order valence-corrected chi connectivity index (χ2v) is 6.05. The third-order valence-corrected chi connectivity index (χ3v) is 4.58. The number of hydrogen-bond donors (Lipinski definition) is 2. The van der Waals surface area contributed by atoms with Crippen molar-refractivity contribution in [3.05, 3.63) is 0 Å². The van der Waals surface area contributed by atoms with E-state index in [-0.39, 0.29) is 18.2 Å². The van der Waals surface area contributed by atoms with Crippen LogP contribution in [0.4, 0.5) is 4.79 Å². The van der Waals surface area contributed by atoms with Crippen LogP contribution in [0.2, 0.25) is 0 Å². The maximum Gasteiger partial charge on any atom is 0.317 e. The molecule has 21 heavy (non-hydrogen) atoms. The number of urea groups is 1. The molecule has 2 amide bonds. The standard InChI is InChI=1S/C14H24N2O5/c1-14(12(17)18)4-6-16(7-5-14)13(19)15-10-9-21-8-3-11(10)20-2/h10-11H,3-9H2,1-2H3,(H,15,19)(H,17,18)/t10-,11-/m1/s1. The van der Waals surface area contributed by atoms with Crippen LogP contribution in [0.1, 0.15) is 26.2 Å². The van der Waals surface area contributed by atoms with Crippen molar-refractivity contribution in [2.24, 2.45) is 5.41 Å². The number of nitrogens with zero attached hydrogens (tertiary/aromatic N) is 1. The first-order valence-corrected chi connectivity index (χ1v) is 7.35. The highest BCUT2D eigenvalue weighted by Gasteiger charge is 2.38. The number of carbonyl (C=O) groups excluding carboxylic acids is 1. The number of piperidine rings is 1. The molecule has 7 nitrogen and oxygen atoms in total. The minimum atomic E-state index is -0.789. The van der Waals surface area contributed by atoms with E-state index in [1.54, 1.807) is 18.9 Å². The van der Waals surface area contributed by atoms with Crippen molar-refractivity contribution in [1.29, 1.82) is 0 Å². The van der Waals surface area contributed by atoms with Crippen molar-refractivity contribution < 1.29 is 24.2 Å². The number of likely N-dealkylation sites (tertiary alicyclic amines) is 1. The number of ether oxygens (including phenoxy) is 2. The monoisotopic (exact) mass is 300 g/mol. The van der Waals surface area contributed by atoms with E-state index in [9.17, 15) is 14.7 Å². The number of rotatable bonds is 3. The van der Waals surface area contributed by atoms with Crippen LogP contribution in [0.3, 0.4) is 0 Å². The normalized spacial score (nSPS) is 29.0. The third kappa shape index (κ3) is 3.65. The molecule has 0 aromatic heterocycles. The van der Waals surface area contributed by atoms with Gasteiger partial charge in [0.15, 0.2) is 0 Å². The molecule has 2 N–H and O–H groups in total. The fraction of sp³-hybridized carbons (Fsp3) is 0.857. The SMILES string of the molecule is CO[C@@H]1CCOC[C@H]1NC(=O)N1CCC(C)(C(=O)O)CC1. The lowest BCUT2D eigenvalue weighted by Crippen LogP contribution is -2.56. The Morgan fingerprint density at radius 2 is 2.05 bits per heavy atom. The van der Waals surface area contributed by atoms with Crippen LogP contribution < -0.4 is 5.32 Å². The first kappa shape index (κ1) is 16.0. The summed E-state index contributed by atoms with van der Waals surface area (Å²) >= 11 is 0. The zero-order chi connectivity index (χ0) is 15.5. The minimum absolute atomic E-state index is 0.0308. The molecule has 0 aromatic carbocycles. The third-order valence-electron chi connectivity index (χ3n) is 4.58. The molecule has 0 aromatic rings. The van der Waals surface area contributed by atoms with Crippen LogP contribution in [-0.4, -0.2) is 67.6 Å². The Balaban J connectivity index is 1.86. The summed E-state index contributed by atoms with van der Waals surface area (Å²) < 4.78 is 10.7. The summed E-state index contributed by atoms with van der Waals surface area (Å²) in [5.41, 5.74) is -0.722. The van der Waals surface area contributed by atoms with E-state index >= 15 is 0 Å². The van der Waals surface area contributed by atoms with Gasteiger partial charge in [-0.15, -0.1) is 0 Å². The van der Waals surface area contributed by atoms with E-state index < -0.39 is 11.4 Å². The Kier molecular flexibility index (Phi) is 5.05. The lowest BCUT2D eigenvalue weighted by atomic mass is 9.80. The van der Waals surface area contributed by atoms with Crippen molar-refractivity contribution in [2.45, 2.75) is 38.3 Å². The molecule has 2 fully saturated rings. The summed E-state index contributed by atoms with van der Waals surface area (Å²) in [6, 6.07) is -0.316. The van der Waals surface area contributed by atoms with Gasteiger partial charge >= 0.3 is 12.0 Å². The van der Waals surface area contributed by atoms with Crippen LogP contribution in [0.15, 0.2) is 0 Å². The van der Waals surface area contributed by atoms with Gasteiger partial charge in [0.2, 0.25) is 0 Å². The fourth-order valence-corrected chi connectivity index (χ4v) is 2.80. The highest BCUT2D eigenvalue weighted by Crippen LogP contribution is 2.31. The summed E-state index contributed by atoms with van der Waals surface area (Å²) in [4.78, 5) is 25.1. The molecule has 0 bridgehead atoms. The molecule has 2 rings (SSSR count). The second kappa shape index (κ2) is 6.62. The van der Waals surface area contributed by atoms with Crippen LogP contribution >= 0.6 is 0 Å². The molecular formula is C14H24N2O5. The number of aliphatic carboxylic acids is 1. The summed E-state index contributed by atoms with van der Waals surface area (Å²) in [5, 5.41) is 12.1. The number of nitrogens with one attached hydrogen (secondary N) is 1. The van der Waals surface area contributed by atoms with Gasteiger partial charge in [0.25, 0.3) is 0 Å². The molecule has 0 radical (unpaired) electrons. The van der Waals surface area contributed by atoms with E-state index in [0.717, 1.165) is 6.42 Å². The van der Waals surface area contributed by atoms with Crippen molar-refractivity contribution in [3.63, 3.8) is 0 Å². The lowest BCUT2D eigenvalue weighted by Gasteiger charge is -2.38. The molecule has 0 saturated carbocycles. The van der Waals surface area contributed by atoms with Crippen molar-refractivity contribution >= 4 is 12.0 Å². The smallest absolute Gasteiger partial charge is 0.317 e. The topological polar surface area (TPSA) is 88.1 Å². The first-order chi connectivity index (χ1) is 9.96. The van der Waals surface area contributed by atoms with Gasteiger partial charge in [-0.3, -0.25) is 4.79 Å². The highest BCUT2D eigenvalue weighted by molar-refractivity contribution is 5.77. The Hall–Kier alpha value is -1.34. The fourth-order valence-electron chi connectivity index (χ4n) is 2.80. The van der Waals surface area contributed by atoms with Crippen molar-refractivity contribution in [3.8, 4) is 0 Å². The van der Waals surface area contributed by atoms with E-state index in [0.29, 0.717) is 39.1 Å². The van der Waals surface area contributed by atoms with Gasteiger partial charge in [-0.1, -0.05) is 0 Å². The van der Waals surface area contributed by atoms with Gasteiger partial charge in [0.1, 0.15) is 0 Å². The van der Waals surface area contributed by atoms with Gasteiger partial charge in [0.05, 0.1) is 24.2 Å². The molecule has 0 aliphatic carbocycles. The molecular weight excluding hydrogens is 276 g/mol. The van der Waals surface area contributed by atoms with Crippen molar-refractivity contribution in [2.75, 3.05) is 33.4 Å². The predicted octanol–water partition coefficient (Wildman–Crippen LogP) is 0.687. The number of carboxylic acid groups (broad SMARTS) is 1. The first-order valence-electron chi connectivity index (χ1n) is 7.35. The van der Waals surface area contributed by atoms with Gasteiger partial charge in [0, 0.05) is 26.8 Å². The van der Waals surface area contributed by atoms with Gasteiger partial charge in [-0.25, -0.2) is 4.79 Å². The van der Waals surface area contributed by atoms with Gasteiger partial charge in [-0.2, -0.15) is 0 Å². The second-order valence-electron chi connectivity index (χ2n) is 6.05. The number of hydrogen-bond acceptors (Lipinski definition) is 4. The number of carboxylic acids is 1. The van der Waals surface area contributed by atoms with Crippen LogP contribution in [-0.2, 0) is 14.3 Å². The van der Waals surface area contributed by atoms with E-state index in [1.165, 1.54) is 0 Å². The maximum absolute atomic E-state index is 12.3. The quantitative estimate of drug-likeness (QED) is 0.800. The Morgan fingerprint density at radius 1 is 1.38 bits per heavy atom. The van der Waals surface area contributed by atoms with E-state index in [4.69, 9.17) is 9.47 Å². The van der Waals surface area contributed by atoms with Crippen molar-refractivity contribution in [1.82, 2.24) is 10.2 Å². The van der Waals surface area contributed by atoms with Gasteiger partial charge in [-0.05, 0) is 26.2 Å². The highest BCUT2D eigenvalue weighted by atomic mass is 16.5. The predicted molar refractivity (Wildman–Crippen MR) is 75.1 cm³/mol. The number of carbonyl (C=O) groups is 2. The van der Waals surface area contributed by atoms with Gasteiger partial charge < -0.3 is 24.8 Å². The average Bonchev–Trinajstić information content (AvgIpc) is 2.48. The number of methoxy groups -OCH3 is 1. The summed E-state index contributed by atoms with van der Waals surface area (Å²) in [6.45, 7) is 3.75. The Labute approximate surface area is 124 Å². The zero-order valence-corrected chi connectivity index (χ0v) is 12.6. The molecule has 0 spiro atoms. The molecule has 120 valence electrons. The maximum atomic E-state index is 12.3.